The van der Waals surface area contributed by atoms with Crippen LogP contribution in [0.2, 0.25) is 0 Å². The third kappa shape index (κ3) is 2.18. The maximum absolute atomic E-state index is 5.67. The summed E-state index contributed by atoms with van der Waals surface area (Å²) in [6, 6.07) is 14.6. The summed E-state index contributed by atoms with van der Waals surface area (Å²) in [7, 11) is 0. The van der Waals surface area contributed by atoms with Crippen molar-refractivity contribution in [3.63, 3.8) is 0 Å². The molecule has 0 aliphatic carbocycles. The molecule has 2 aromatic carbocycles. The standard InChI is InChI=1S/C14H14BrN/c1-10-4-2-3-5-12(10)13-8-11(9-16)6-7-14(13)15/h2-8H,9,16H2,1H3. The summed E-state index contributed by atoms with van der Waals surface area (Å²) in [6.07, 6.45) is 0. The summed E-state index contributed by atoms with van der Waals surface area (Å²) in [5.41, 5.74) is 10.6. The van der Waals surface area contributed by atoms with Crippen LogP contribution < -0.4 is 5.73 Å². The van der Waals surface area contributed by atoms with Crippen molar-refractivity contribution in [3.05, 3.63) is 58.1 Å². The van der Waals surface area contributed by atoms with Crippen LogP contribution in [0.3, 0.4) is 0 Å². The number of halogens is 1. The van der Waals surface area contributed by atoms with Crippen LogP contribution in [-0.2, 0) is 6.54 Å². The summed E-state index contributed by atoms with van der Waals surface area (Å²) < 4.78 is 1.11. The Labute approximate surface area is 104 Å². The maximum atomic E-state index is 5.67. The fraction of sp³-hybridized carbons (Fsp3) is 0.143. The van der Waals surface area contributed by atoms with Gasteiger partial charge in [0.05, 0.1) is 0 Å². The van der Waals surface area contributed by atoms with Gasteiger partial charge in [-0.05, 0) is 41.3 Å². The molecule has 0 heterocycles. The Kier molecular flexibility index (Phi) is 3.42. The first-order valence-electron chi connectivity index (χ1n) is 5.27. The number of hydrogen-bond donors (Lipinski definition) is 1. The van der Waals surface area contributed by atoms with Crippen molar-refractivity contribution in [3.8, 4) is 11.1 Å². The Morgan fingerprint density at radius 2 is 1.81 bits per heavy atom. The van der Waals surface area contributed by atoms with Crippen LogP contribution in [0.5, 0.6) is 0 Å². The van der Waals surface area contributed by atoms with Gasteiger partial charge in [0.25, 0.3) is 0 Å². The maximum Gasteiger partial charge on any atom is 0.0254 e. The summed E-state index contributed by atoms with van der Waals surface area (Å²) in [4.78, 5) is 0. The van der Waals surface area contributed by atoms with E-state index in [0.717, 1.165) is 10.0 Å². The zero-order chi connectivity index (χ0) is 11.5. The first-order valence-corrected chi connectivity index (χ1v) is 6.06. The number of hydrogen-bond acceptors (Lipinski definition) is 1. The fourth-order valence-electron chi connectivity index (χ4n) is 1.78. The highest BCUT2D eigenvalue weighted by atomic mass is 79.9. The van der Waals surface area contributed by atoms with E-state index in [1.54, 1.807) is 0 Å². The van der Waals surface area contributed by atoms with E-state index >= 15 is 0 Å². The summed E-state index contributed by atoms with van der Waals surface area (Å²) >= 11 is 3.59. The molecule has 2 N–H and O–H groups in total. The zero-order valence-corrected chi connectivity index (χ0v) is 10.8. The Bertz CT molecular complexity index is 506. The molecule has 0 saturated carbocycles. The molecule has 0 bridgehead atoms. The smallest absolute Gasteiger partial charge is 0.0254 e. The molecular formula is C14H14BrN. The number of rotatable bonds is 2. The third-order valence-corrected chi connectivity index (χ3v) is 3.39. The van der Waals surface area contributed by atoms with Gasteiger partial charge < -0.3 is 5.73 Å². The molecule has 0 aromatic heterocycles. The molecule has 1 nitrogen and oxygen atoms in total. The normalized spacial score (nSPS) is 10.4. The summed E-state index contributed by atoms with van der Waals surface area (Å²) in [5.74, 6) is 0. The van der Waals surface area contributed by atoms with E-state index in [2.05, 4.69) is 59.3 Å². The van der Waals surface area contributed by atoms with E-state index in [-0.39, 0.29) is 0 Å². The van der Waals surface area contributed by atoms with Crippen LogP contribution in [-0.4, -0.2) is 0 Å². The highest BCUT2D eigenvalue weighted by Gasteiger charge is 2.06. The molecule has 2 heteroatoms. The molecule has 82 valence electrons. The van der Waals surface area contributed by atoms with Crippen molar-refractivity contribution >= 4 is 15.9 Å². The molecule has 16 heavy (non-hydrogen) atoms. The van der Waals surface area contributed by atoms with Gasteiger partial charge in [-0.25, -0.2) is 0 Å². The lowest BCUT2D eigenvalue weighted by atomic mass is 9.99. The summed E-state index contributed by atoms with van der Waals surface area (Å²) in [5, 5.41) is 0. The Balaban J connectivity index is 2.59. The minimum absolute atomic E-state index is 0.576. The largest absolute Gasteiger partial charge is 0.326 e. The first kappa shape index (κ1) is 11.4. The van der Waals surface area contributed by atoms with Crippen LogP contribution in [0, 0.1) is 6.92 Å². The van der Waals surface area contributed by atoms with Crippen LogP contribution in [0.4, 0.5) is 0 Å². The molecule has 0 fully saturated rings. The number of aryl methyl sites for hydroxylation is 1. The lowest BCUT2D eigenvalue weighted by Gasteiger charge is -2.09. The molecule has 0 atom stereocenters. The van der Waals surface area contributed by atoms with Gasteiger partial charge in [0.2, 0.25) is 0 Å². The Hall–Kier alpha value is -1.12. The van der Waals surface area contributed by atoms with E-state index in [1.165, 1.54) is 16.7 Å². The molecule has 0 saturated heterocycles. The van der Waals surface area contributed by atoms with Crippen molar-refractivity contribution < 1.29 is 0 Å². The highest BCUT2D eigenvalue weighted by molar-refractivity contribution is 9.10. The van der Waals surface area contributed by atoms with Crippen molar-refractivity contribution in [2.45, 2.75) is 13.5 Å². The molecule has 0 unspecified atom stereocenters. The lowest BCUT2D eigenvalue weighted by molar-refractivity contribution is 1.07. The van der Waals surface area contributed by atoms with Crippen LogP contribution in [0.15, 0.2) is 46.9 Å². The van der Waals surface area contributed by atoms with Gasteiger partial charge in [-0.3, -0.25) is 0 Å². The molecule has 0 spiro atoms. The predicted molar refractivity (Wildman–Crippen MR) is 72.2 cm³/mol. The fourth-order valence-corrected chi connectivity index (χ4v) is 2.24. The van der Waals surface area contributed by atoms with Crippen LogP contribution >= 0.6 is 15.9 Å². The Morgan fingerprint density at radius 3 is 2.50 bits per heavy atom. The molecular weight excluding hydrogens is 262 g/mol. The molecule has 2 rings (SSSR count). The predicted octanol–water partition coefficient (Wildman–Crippen LogP) is 3.88. The van der Waals surface area contributed by atoms with Crippen molar-refractivity contribution in [2.24, 2.45) is 5.73 Å². The van der Waals surface area contributed by atoms with Crippen LogP contribution in [0.25, 0.3) is 11.1 Å². The Morgan fingerprint density at radius 1 is 1.06 bits per heavy atom. The zero-order valence-electron chi connectivity index (χ0n) is 9.20. The highest BCUT2D eigenvalue weighted by Crippen LogP contribution is 2.31. The SMILES string of the molecule is Cc1ccccc1-c1cc(CN)ccc1Br. The van der Waals surface area contributed by atoms with E-state index in [4.69, 9.17) is 5.73 Å². The van der Waals surface area contributed by atoms with Gasteiger partial charge in [0, 0.05) is 11.0 Å². The molecule has 0 radical (unpaired) electrons. The second-order valence-electron chi connectivity index (χ2n) is 3.83. The number of benzene rings is 2. The molecule has 0 aliphatic heterocycles. The second kappa shape index (κ2) is 4.81. The minimum Gasteiger partial charge on any atom is -0.326 e. The first-order chi connectivity index (χ1) is 7.72. The lowest BCUT2D eigenvalue weighted by Crippen LogP contribution is -1.96. The van der Waals surface area contributed by atoms with E-state index in [9.17, 15) is 0 Å². The molecule has 0 aliphatic rings. The minimum atomic E-state index is 0.576. The van der Waals surface area contributed by atoms with E-state index in [0.29, 0.717) is 6.54 Å². The van der Waals surface area contributed by atoms with Gasteiger partial charge in [-0.15, -0.1) is 0 Å². The average molecular weight is 276 g/mol. The summed E-state index contributed by atoms with van der Waals surface area (Å²) in [6.45, 7) is 2.70. The topological polar surface area (TPSA) is 26.0 Å². The van der Waals surface area contributed by atoms with Crippen molar-refractivity contribution in [1.82, 2.24) is 0 Å². The average Bonchev–Trinajstić information content (AvgIpc) is 2.31. The van der Waals surface area contributed by atoms with Crippen LogP contribution in [0.1, 0.15) is 11.1 Å². The van der Waals surface area contributed by atoms with Gasteiger partial charge in [-0.1, -0.05) is 46.3 Å². The van der Waals surface area contributed by atoms with Gasteiger partial charge >= 0.3 is 0 Å². The van der Waals surface area contributed by atoms with Crippen molar-refractivity contribution in [2.75, 3.05) is 0 Å². The quantitative estimate of drug-likeness (QED) is 0.885. The van der Waals surface area contributed by atoms with Gasteiger partial charge in [0.15, 0.2) is 0 Å². The molecule has 2 aromatic rings. The van der Waals surface area contributed by atoms with E-state index in [1.807, 2.05) is 6.07 Å². The molecule has 0 amide bonds. The van der Waals surface area contributed by atoms with Crippen molar-refractivity contribution in [1.29, 1.82) is 0 Å². The van der Waals surface area contributed by atoms with Gasteiger partial charge in [0.1, 0.15) is 0 Å². The van der Waals surface area contributed by atoms with Gasteiger partial charge in [-0.2, -0.15) is 0 Å². The third-order valence-electron chi connectivity index (χ3n) is 2.70. The monoisotopic (exact) mass is 275 g/mol. The second-order valence-corrected chi connectivity index (χ2v) is 4.69. The number of nitrogens with two attached hydrogens (primary N) is 1. The van der Waals surface area contributed by atoms with E-state index < -0.39 is 0 Å².